The minimum absolute atomic E-state index is 0.0287. The summed E-state index contributed by atoms with van der Waals surface area (Å²) >= 11 is 0. The van der Waals surface area contributed by atoms with Crippen LogP contribution in [0.3, 0.4) is 0 Å². The number of piperidine rings is 1. The highest BCUT2D eigenvalue weighted by molar-refractivity contribution is 5.75. The highest BCUT2D eigenvalue weighted by atomic mass is 16.5. The van der Waals surface area contributed by atoms with Gasteiger partial charge in [-0.05, 0) is 51.7 Å². The van der Waals surface area contributed by atoms with Crippen molar-refractivity contribution in [3.63, 3.8) is 0 Å². The number of carbonyl (C=O) groups is 1. The maximum absolute atomic E-state index is 12.1. The van der Waals surface area contributed by atoms with Gasteiger partial charge < -0.3 is 10.1 Å². The van der Waals surface area contributed by atoms with E-state index >= 15 is 0 Å². The lowest BCUT2D eigenvalue weighted by atomic mass is 9.94. The third-order valence-electron chi connectivity index (χ3n) is 4.03. The van der Waals surface area contributed by atoms with Crippen molar-refractivity contribution in [2.24, 2.45) is 5.92 Å². The van der Waals surface area contributed by atoms with Crippen LogP contribution < -0.4 is 5.32 Å². The SMILES string of the molecule is CCCC(C(=O)OCC)N1CCC(CNC(C)C)CC1. The first-order valence-corrected chi connectivity index (χ1v) is 8.22. The highest BCUT2D eigenvalue weighted by Gasteiger charge is 2.29. The maximum Gasteiger partial charge on any atom is 0.323 e. The van der Waals surface area contributed by atoms with Crippen LogP contribution in [-0.2, 0) is 9.53 Å². The summed E-state index contributed by atoms with van der Waals surface area (Å²) in [6.45, 7) is 12.0. The molecule has 0 aromatic rings. The van der Waals surface area contributed by atoms with Gasteiger partial charge >= 0.3 is 5.97 Å². The summed E-state index contributed by atoms with van der Waals surface area (Å²) in [4.78, 5) is 14.4. The first-order chi connectivity index (χ1) is 9.58. The Bertz CT molecular complexity index is 274. The highest BCUT2D eigenvalue weighted by Crippen LogP contribution is 2.21. The summed E-state index contributed by atoms with van der Waals surface area (Å²) in [5, 5.41) is 3.52. The van der Waals surface area contributed by atoms with Crippen molar-refractivity contribution in [1.82, 2.24) is 10.2 Å². The number of carbonyl (C=O) groups excluding carboxylic acids is 1. The third kappa shape index (κ3) is 5.80. The molecular formula is C16H32N2O2. The first kappa shape index (κ1) is 17.4. The van der Waals surface area contributed by atoms with E-state index in [0.29, 0.717) is 12.6 Å². The molecule has 0 saturated carbocycles. The van der Waals surface area contributed by atoms with Gasteiger partial charge in [-0.3, -0.25) is 9.69 Å². The van der Waals surface area contributed by atoms with Crippen molar-refractivity contribution in [3.05, 3.63) is 0 Å². The Morgan fingerprint density at radius 3 is 2.45 bits per heavy atom. The van der Waals surface area contributed by atoms with Gasteiger partial charge in [-0.15, -0.1) is 0 Å². The molecule has 1 rings (SSSR count). The smallest absolute Gasteiger partial charge is 0.323 e. The number of hydrogen-bond acceptors (Lipinski definition) is 4. The van der Waals surface area contributed by atoms with Crippen LogP contribution in [0.4, 0.5) is 0 Å². The minimum atomic E-state index is -0.0342. The lowest BCUT2D eigenvalue weighted by Crippen LogP contribution is -2.47. The molecule has 20 heavy (non-hydrogen) atoms. The van der Waals surface area contributed by atoms with Crippen LogP contribution in [0.5, 0.6) is 0 Å². The predicted octanol–water partition coefficient (Wildman–Crippen LogP) is 2.43. The fraction of sp³-hybridized carbons (Fsp3) is 0.938. The van der Waals surface area contributed by atoms with Crippen molar-refractivity contribution in [2.45, 2.75) is 65.5 Å². The molecule has 4 heteroatoms. The van der Waals surface area contributed by atoms with E-state index in [0.717, 1.165) is 38.4 Å². The molecule has 0 aromatic carbocycles. The number of rotatable bonds is 8. The molecule has 1 atom stereocenters. The van der Waals surface area contributed by atoms with E-state index in [1.54, 1.807) is 0 Å². The molecule has 1 fully saturated rings. The van der Waals surface area contributed by atoms with Gasteiger partial charge in [0.25, 0.3) is 0 Å². The summed E-state index contributed by atoms with van der Waals surface area (Å²) in [5.41, 5.74) is 0. The molecule has 0 aliphatic carbocycles. The Labute approximate surface area is 124 Å². The van der Waals surface area contributed by atoms with Crippen LogP contribution in [0.25, 0.3) is 0 Å². The van der Waals surface area contributed by atoms with Crippen molar-refractivity contribution in [1.29, 1.82) is 0 Å². The lowest BCUT2D eigenvalue weighted by molar-refractivity contribution is -0.150. The monoisotopic (exact) mass is 284 g/mol. The summed E-state index contributed by atoms with van der Waals surface area (Å²) in [7, 11) is 0. The van der Waals surface area contributed by atoms with Crippen LogP contribution in [-0.4, -0.2) is 49.2 Å². The second-order valence-corrected chi connectivity index (χ2v) is 6.10. The Balaban J connectivity index is 2.42. The molecule has 1 saturated heterocycles. The number of hydrogen-bond donors (Lipinski definition) is 1. The standard InChI is InChI=1S/C16H32N2O2/c1-5-7-15(16(19)20-6-2)18-10-8-14(9-11-18)12-17-13(3)4/h13-15,17H,5-12H2,1-4H3. The molecule has 1 heterocycles. The van der Waals surface area contributed by atoms with Gasteiger partial charge in [-0.25, -0.2) is 0 Å². The molecule has 118 valence electrons. The molecule has 0 radical (unpaired) electrons. The second-order valence-electron chi connectivity index (χ2n) is 6.10. The van der Waals surface area contributed by atoms with Crippen molar-refractivity contribution >= 4 is 5.97 Å². The fourth-order valence-electron chi connectivity index (χ4n) is 2.83. The lowest BCUT2D eigenvalue weighted by Gasteiger charge is -2.36. The van der Waals surface area contributed by atoms with E-state index in [2.05, 4.69) is 31.0 Å². The Morgan fingerprint density at radius 1 is 1.30 bits per heavy atom. The van der Waals surface area contributed by atoms with Crippen molar-refractivity contribution in [2.75, 3.05) is 26.2 Å². The van der Waals surface area contributed by atoms with Crippen molar-refractivity contribution in [3.8, 4) is 0 Å². The fourth-order valence-corrected chi connectivity index (χ4v) is 2.83. The van der Waals surface area contributed by atoms with Gasteiger partial charge in [0.15, 0.2) is 0 Å². The number of ether oxygens (including phenoxy) is 1. The average Bonchev–Trinajstić information content (AvgIpc) is 2.43. The van der Waals surface area contributed by atoms with Gasteiger partial charge in [-0.1, -0.05) is 27.2 Å². The minimum Gasteiger partial charge on any atom is -0.465 e. The number of likely N-dealkylation sites (tertiary alicyclic amines) is 1. The van der Waals surface area contributed by atoms with E-state index < -0.39 is 0 Å². The van der Waals surface area contributed by atoms with E-state index in [-0.39, 0.29) is 12.0 Å². The largest absolute Gasteiger partial charge is 0.465 e. The van der Waals surface area contributed by atoms with Gasteiger partial charge in [0.2, 0.25) is 0 Å². The normalized spacial score (nSPS) is 19.2. The zero-order chi connectivity index (χ0) is 15.0. The van der Waals surface area contributed by atoms with Gasteiger partial charge in [0, 0.05) is 6.04 Å². The second kappa shape index (κ2) is 9.35. The summed E-state index contributed by atoms with van der Waals surface area (Å²) in [6, 6.07) is 0.527. The first-order valence-electron chi connectivity index (χ1n) is 8.22. The number of esters is 1. The van der Waals surface area contributed by atoms with E-state index in [4.69, 9.17) is 4.74 Å². The van der Waals surface area contributed by atoms with E-state index in [1.807, 2.05) is 6.92 Å². The molecule has 4 nitrogen and oxygen atoms in total. The zero-order valence-corrected chi connectivity index (χ0v) is 13.7. The maximum atomic E-state index is 12.1. The van der Waals surface area contributed by atoms with Gasteiger partial charge in [-0.2, -0.15) is 0 Å². The molecule has 0 spiro atoms. The molecule has 0 amide bonds. The quantitative estimate of drug-likeness (QED) is 0.695. The topological polar surface area (TPSA) is 41.6 Å². The molecule has 1 N–H and O–H groups in total. The number of nitrogens with one attached hydrogen (secondary N) is 1. The van der Waals surface area contributed by atoms with Crippen LogP contribution in [0.1, 0.15) is 53.4 Å². The zero-order valence-electron chi connectivity index (χ0n) is 13.7. The molecule has 1 aliphatic heterocycles. The Morgan fingerprint density at radius 2 is 1.95 bits per heavy atom. The molecule has 1 aliphatic rings. The van der Waals surface area contributed by atoms with Crippen molar-refractivity contribution < 1.29 is 9.53 Å². The molecular weight excluding hydrogens is 252 g/mol. The molecule has 0 aromatic heterocycles. The van der Waals surface area contributed by atoms with E-state index in [1.165, 1.54) is 12.8 Å². The molecule has 0 bridgehead atoms. The van der Waals surface area contributed by atoms with Gasteiger partial charge in [0.1, 0.15) is 6.04 Å². The van der Waals surface area contributed by atoms with Crippen LogP contribution in [0, 0.1) is 5.92 Å². The Hall–Kier alpha value is -0.610. The predicted molar refractivity (Wildman–Crippen MR) is 82.8 cm³/mol. The summed E-state index contributed by atoms with van der Waals surface area (Å²) in [5.74, 6) is 0.714. The van der Waals surface area contributed by atoms with Crippen LogP contribution in [0.15, 0.2) is 0 Å². The summed E-state index contributed by atoms with van der Waals surface area (Å²) in [6.07, 6.45) is 4.30. The van der Waals surface area contributed by atoms with Crippen LogP contribution >= 0.6 is 0 Å². The van der Waals surface area contributed by atoms with Crippen LogP contribution in [0.2, 0.25) is 0 Å². The van der Waals surface area contributed by atoms with E-state index in [9.17, 15) is 4.79 Å². The average molecular weight is 284 g/mol. The Kier molecular flexibility index (Phi) is 8.15. The third-order valence-corrected chi connectivity index (χ3v) is 4.03. The summed E-state index contributed by atoms with van der Waals surface area (Å²) < 4.78 is 5.22. The molecule has 1 unspecified atom stereocenters. The number of nitrogens with zero attached hydrogens (tertiary/aromatic N) is 1. The van der Waals surface area contributed by atoms with Gasteiger partial charge in [0.05, 0.1) is 6.61 Å².